The van der Waals surface area contributed by atoms with Crippen LogP contribution in [0.1, 0.15) is 12.7 Å². The van der Waals surface area contributed by atoms with Gasteiger partial charge in [0.1, 0.15) is 28.7 Å². The van der Waals surface area contributed by atoms with Crippen molar-refractivity contribution in [1.82, 2.24) is 9.97 Å². The molecule has 1 aromatic heterocycles. The van der Waals surface area contributed by atoms with E-state index in [0.717, 1.165) is 11.0 Å². The highest BCUT2D eigenvalue weighted by molar-refractivity contribution is 6.31. The van der Waals surface area contributed by atoms with Crippen molar-refractivity contribution in [3.05, 3.63) is 54.0 Å². The van der Waals surface area contributed by atoms with E-state index in [1.165, 1.54) is 7.11 Å². The molecule has 0 aliphatic carbocycles. The molecule has 0 fully saturated rings. The van der Waals surface area contributed by atoms with E-state index in [4.69, 9.17) is 19.6 Å². The first-order chi connectivity index (χ1) is 13.9. The summed E-state index contributed by atoms with van der Waals surface area (Å²) in [7, 11) is 4.59. The van der Waals surface area contributed by atoms with Crippen LogP contribution in [0.25, 0.3) is 16.6 Å². The Morgan fingerprint density at radius 3 is 2.31 bits per heavy atom. The van der Waals surface area contributed by atoms with Gasteiger partial charge < -0.3 is 24.3 Å². The highest BCUT2D eigenvalue weighted by Crippen LogP contribution is 2.43. The van der Waals surface area contributed by atoms with Crippen molar-refractivity contribution in [3.8, 4) is 11.5 Å². The lowest BCUT2D eigenvalue weighted by atomic mass is 10.1. The Kier molecular flexibility index (Phi) is 4.43. The highest BCUT2D eigenvalue weighted by atomic mass is 16.5. The zero-order valence-electron chi connectivity index (χ0n) is 16.6. The van der Waals surface area contributed by atoms with Crippen LogP contribution in [0.15, 0.2) is 48.2 Å². The quantitative estimate of drug-likeness (QED) is 0.609. The zero-order chi connectivity index (χ0) is 20.8. The van der Waals surface area contributed by atoms with E-state index in [0.29, 0.717) is 23.0 Å². The molecule has 1 aliphatic rings. The number of benzene rings is 2. The number of aliphatic hydroxyl groups excluding tert-OH is 1. The van der Waals surface area contributed by atoms with Crippen molar-refractivity contribution in [1.29, 1.82) is 5.41 Å². The van der Waals surface area contributed by atoms with E-state index < -0.39 is 5.72 Å². The topological polar surface area (TPSA) is 104 Å². The smallest absolute Gasteiger partial charge is 0.202 e. The number of hydrogen-bond acceptors (Lipinski definition) is 6. The fraction of sp³-hybridized carbons (Fsp3) is 0.238. The first-order valence-corrected chi connectivity index (χ1v) is 8.99. The molecule has 3 aromatic rings. The number of aliphatic hydroxyl groups is 1. The molecule has 29 heavy (non-hydrogen) atoms. The van der Waals surface area contributed by atoms with Crippen molar-refractivity contribution in [2.24, 2.45) is 0 Å². The molecular weight excluding hydrogens is 372 g/mol. The molecule has 0 amide bonds. The number of rotatable bonds is 5. The molecule has 0 radical (unpaired) electrons. The van der Waals surface area contributed by atoms with Crippen molar-refractivity contribution < 1.29 is 19.3 Å². The second-order valence-corrected chi connectivity index (χ2v) is 6.77. The summed E-state index contributed by atoms with van der Waals surface area (Å²) in [5.41, 5.74) is 1.11. The Morgan fingerprint density at radius 1 is 1.07 bits per heavy atom. The van der Waals surface area contributed by atoms with Gasteiger partial charge in [0.05, 0.1) is 30.9 Å². The number of methoxy groups -OCH3 is 3. The molecule has 1 unspecified atom stereocenters. The minimum atomic E-state index is -1.30. The largest absolute Gasteiger partial charge is 0.506 e. The van der Waals surface area contributed by atoms with Gasteiger partial charge in [-0.3, -0.25) is 10.3 Å². The Balaban J connectivity index is 1.87. The standard InChI is InChI=1S/C21H22N4O4/c1-21(29-4)18(26)17(20-23-15-7-5-6-8-16(15)24-20)19(22)25(21)12-9-13(27-2)11-14(10-12)28-3/h5-11,22,26H,1-4H3,(H,23,24). The van der Waals surface area contributed by atoms with Gasteiger partial charge in [0.2, 0.25) is 5.72 Å². The molecule has 1 atom stereocenters. The van der Waals surface area contributed by atoms with E-state index in [-0.39, 0.29) is 17.2 Å². The lowest BCUT2D eigenvalue weighted by molar-refractivity contribution is 0.0175. The van der Waals surface area contributed by atoms with Crippen LogP contribution in [0.4, 0.5) is 5.69 Å². The van der Waals surface area contributed by atoms with Gasteiger partial charge in [-0.15, -0.1) is 0 Å². The third kappa shape index (κ3) is 2.80. The first-order valence-electron chi connectivity index (χ1n) is 8.99. The second-order valence-electron chi connectivity index (χ2n) is 6.77. The van der Waals surface area contributed by atoms with Crippen LogP contribution >= 0.6 is 0 Å². The average Bonchev–Trinajstić information content (AvgIpc) is 3.24. The maximum atomic E-state index is 11.1. The van der Waals surface area contributed by atoms with Crippen molar-refractivity contribution in [2.45, 2.75) is 12.6 Å². The van der Waals surface area contributed by atoms with Crippen LogP contribution in [0.2, 0.25) is 0 Å². The average molecular weight is 394 g/mol. The fourth-order valence-corrected chi connectivity index (χ4v) is 3.56. The number of aromatic amines is 1. The number of amidine groups is 1. The molecule has 0 bridgehead atoms. The van der Waals surface area contributed by atoms with Crippen molar-refractivity contribution in [3.63, 3.8) is 0 Å². The maximum Gasteiger partial charge on any atom is 0.202 e. The van der Waals surface area contributed by atoms with Crippen LogP contribution in [0, 0.1) is 5.41 Å². The predicted octanol–water partition coefficient (Wildman–Crippen LogP) is 3.71. The Labute approximate surface area is 167 Å². The Morgan fingerprint density at radius 2 is 1.72 bits per heavy atom. The van der Waals surface area contributed by atoms with Crippen molar-refractivity contribution in [2.75, 3.05) is 26.2 Å². The molecule has 8 heteroatoms. The minimum Gasteiger partial charge on any atom is -0.506 e. The number of ether oxygens (including phenoxy) is 3. The number of anilines is 1. The summed E-state index contributed by atoms with van der Waals surface area (Å²) < 4.78 is 16.4. The fourth-order valence-electron chi connectivity index (χ4n) is 3.56. The SMILES string of the molecule is COc1cc(OC)cc(N2C(=N)C(c3nc4ccccc4[nH]3)=C(O)C2(C)OC)c1. The molecular formula is C21H22N4O4. The van der Waals surface area contributed by atoms with Crippen LogP contribution in [0.5, 0.6) is 11.5 Å². The summed E-state index contributed by atoms with van der Waals surface area (Å²) in [6, 6.07) is 12.8. The number of hydrogen-bond donors (Lipinski definition) is 3. The number of aromatic nitrogens is 2. The summed E-state index contributed by atoms with van der Waals surface area (Å²) in [6.07, 6.45) is 0. The summed E-state index contributed by atoms with van der Waals surface area (Å²) in [6.45, 7) is 1.69. The number of fused-ring (bicyclic) bond motifs is 1. The Bertz CT molecular complexity index is 1080. The highest BCUT2D eigenvalue weighted by Gasteiger charge is 2.49. The molecule has 2 aromatic carbocycles. The maximum absolute atomic E-state index is 11.1. The lowest BCUT2D eigenvalue weighted by Crippen LogP contribution is -2.47. The normalized spacial score (nSPS) is 19.3. The molecule has 0 saturated carbocycles. The number of H-pyrrole nitrogens is 1. The summed E-state index contributed by atoms with van der Waals surface area (Å²) in [4.78, 5) is 9.30. The van der Waals surface area contributed by atoms with Gasteiger partial charge in [-0.2, -0.15) is 0 Å². The second kappa shape index (κ2) is 6.82. The molecule has 3 N–H and O–H groups in total. The van der Waals surface area contributed by atoms with E-state index >= 15 is 0 Å². The number of imidazole rings is 1. The van der Waals surface area contributed by atoms with Crippen LogP contribution in [0.3, 0.4) is 0 Å². The summed E-state index contributed by atoms with van der Waals surface area (Å²) >= 11 is 0. The lowest BCUT2D eigenvalue weighted by Gasteiger charge is -2.35. The van der Waals surface area contributed by atoms with E-state index in [1.54, 1.807) is 44.2 Å². The van der Waals surface area contributed by atoms with E-state index in [9.17, 15) is 5.11 Å². The van der Waals surface area contributed by atoms with Gasteiger partial charge >= 0.3 is 0 Å². The molecule has 8 nitrogen and oxygen atoms in total. The van der Waals surface area contributed by atoms with E-state index in [2.05, 4.69) is 9.97 Å². The first kappa shape index (κ1) is 18.8. The molecule has 150 valence electrons. The molecule has 4 rings (SSSR count). The predicted molar refractivity (Wildman–Crippen MR) is 111 cm³/mol. The van der Waals surface area contributed by atoms with Crippen molar-refractivity contribution >= 4 is 28.1 Å². The summed E-state index contributed by atoms with van der Waals surface area (Å²) in [5.74, 6) is 1.45. The van der Waals surface area contributed by atoms with Gasteiger partial charge in [-0.05, 0) is 19.1 Å². The number of para-hydroxylation sites is 2. The summed E-state index contributed by atoms with van der Waals surface area (Å²) in [5, 5.41) is 19.9. The van der Waals surface area contributed by atoms with Gasteiger partial charge in [0.15, 0.2) is 5.76 Å². The Hall–Kier alpha value is -3.52. The number of nitrogens with zero attached hydrogens (tertiary/aromatic N) is 2. The van der Waals surface area contributed by atoms with Gasteiger partial charge in [0.25, 0.3) is 0 Å². The third-order valence-electron chi connectivity index (χ3n) is 5.18. The van der Waals surface area contributed by atoms with Crippen LogP contribution in [-0.2, 0) is 4.74 Å². The van der Waals surface area contributed by atoms with Gasteiger partial charge in [-0.1, -0.05) is 12.1 Å². The molecule has 2 heterocycles. The number of nitrogens with one attached hydrogen (secondary N) is 2. The molecule has 0 spiro atoms. The van der Waals surface area contributed by atoms with Gasteiger partial charge in [0, 0.05) is 25.3 Å². The van der Waals surface area contributed by atoms with Gasteiger partial charge in [-0.25, -0.2) is 4.98 Å². The van der Waals surface area contributed by atoms with Crippen LogP contribution < -0.4 is 14.4 Å². The van der Waals surface area contributed by atoms with Crippen LogP contribution in [-0.4, -0.2) is 48.0 Å². The van der Waals surface area contributed by atoms with E-state index in [1.807, 2.05) is 24.3 Å². The molecule has 0 saturated heterocycles. The third-order valence-corrected chi connectivity index (χ3v) is 5.18. The monoisotopic (exact) mass is 394 g/mol. The zero-order valence-corrected chi connectivity index (χ0v) is 16.6. The minimum absolute atomic E-state index is 0.0428. The molecule has 1 aliphatic heterocycles.